The predicted molar refractivity (Wildman–Crippen MR) is 66.7 cm³/mol. The van der Waals surface area contributed by atoms with Crippen LogP contribution in [0.5, 0.6) is 0 Å². The molecule has 0 aromatic heterocycles. The Labute approximate surface area is 107 Å². The maximum absolute atomic E-state index is 13.1. The Balaban J connectivity index is 1.77. The van der Waals surface area contributed by atoms with Gasteiger partial charge in [-0.1, -0.05) is 0 Å². The first kappa shape index (κ1) is 10.5. The molecule has 1 aromatic carbocycles. The molecule has 0 aliphatic heterocycles. The van der Waals surface area contributed by atoms with E-state index in [1.807, 2.05) is 22.6 Å². The van der Waals surface area contributed by atoms with Gasteiger partial charge in [0.2, 0.25) is 0 Å². The number of halogens is 2. The molecule has 2 bridgehead atoms. The molecule has 3 aliphatic carbocycles. The maximum Gasteiger partial charge on any atom is 0.251 e. The Morgan fingerprint density at radius 2 is 2.06 bits per heavy atom. The summed E-state index contributed by atoms with van der Waals surface area (Å²) >= 11 is 2.01. The van der Waals surface area contributed by atoms with E-state index in [4.69, 9.17) is 0 Å². The zero-order valence-corrected chi connectivity index (χ0v) is 10.8. The van der Waals surface area contributed by atoms with Crippen LogP contribution >= 0.6 is 22.6 Å². The van der Waals surface area contributed by atoms with Gasteiger partial charge in [0.15, 0.2) is 0 Å². The Bertz CT molecular complexity index is 437. The number of carbonyl (C=O) groups excluding carboxylic acids is 1. The van der Waals surface area contributed by atoms with Gasteiger partial charge < -0.3 is 5.32 Å². The molecule has 1 amide bonds. The lowest BCUT2D eigenvalue weighted by Gasteiger charge is -2.61. The molecule has 0 heterocycles. The van der Waals surface area contributed by atoms with Crippen LogP contribution in [-0.2, 0) is 0 Å². The van der Waals surface area contributed by atoms with Crippen molar-refractivity contribution < 1.29 is 9.18 Å². The molecular formula is C12H11FINO. The van der Waals surface area contributed by atoms with E-state index in [9.17, 15) is 9.18 Å². The maximum atomic E-state index is 13.1. The summed E-state index contributed by atoms with van der Waals surface area (Å²) in [4.78, 5) is 11.9. The molecule has 1 N–H and O–H groups in total. The van der Waals surface area contributed by atoms with E-state index in [1.54, 1.807) is 6.07 Å². The van der Waals surface area contributed by atoms with Gasteiger partial charge in [0.25, 0.3) is 5.91 Å². The van der Waals surface area contributed by atoms with Gasteiger partial charge in [0.05, 0.1) is 0 Å². The molecule has 0 saturated heterocycles. The molecule has 0 spiro atoms. The van der Waals surface area contributed by atoms with E-state index < -0.39 is 0 Å². The van der Waals surface area contributed by atoms with E-state index in [0.29, 0.717) is 5.56 Å². The molecule has 3 saturated carbocycles. The molecular weight excluding hydrogens is 320 g/mol. The third-order valence-electron chi connectivity index (χ3n) is 3.54. The van der Waals surface area contributed by atoms with Gasteiger partial charge in [-0.15, -0.1) is 0 Å². The molecule has 1 aromatic rings. The molecule has 0 unspecified atom stereocenters. The van der Waals surface area contributed by atoms with Crippen LogP contribution < -0.4 is 5.32 Å². The highest BCUT2D eigenvalue weighted by Gasteiger charge is 2.57. The smallest absolute Gasteiger partial charge is 0.251 e. The van der Waals surface area contributed by atoms with E-state index >= 15 is 0 Å². The summed E-state index contributed by atoms with van der Waals surface area (Å²) in [5.41, 5.74) is 0.480. The van der Waals surface area contributed by atoms with Crippen molar-refractivity contribution >= 4 is 28.5 Å². The summed E-state index contributed by atoms with van der Waals surface area (Å²) < 4.78 is 13.9. The third kappa shape index (κ3) is 1.63. The number of hydrogen-bond donors (Lipinski definition) is 1. The van der Waals surface area contributed by atoms with Crippen molar-refractivity contribution in [1.29, 1.82) is 0 Å². The fourth-order valence-electron chi connectivity index (χ4n) is 2.63. The van der Waals surface area contributed by atoms with E-state index in [-0.39, 0.29) is 17.3 Å². The van der Waals surface area contributed by atoms with Crippen molar-refractivity contribution in [2.24, 2.45) is 5.92 Å². The zero-order chi connectivity index (χ0) is 11.3. The number of amides is 1. The van der Waals surface area contributed by atoms with Crippen LogP contribution in [0, 0.1) is 15.3 Å². The first-order valence-corrected chi connectivity index (χ1v) is 6.43. The third-order valence-corrected chi connectivity index (χ3v) is 4.16. The van der Waals surface area contributed by atoms with Crippen molar-refractivity contribution in [3.63, 3.8) is 0 Å². The molecule has 3 fully saturated rings. The summed E-state index contributed by atoms with van der Waals surface area (Å²) in [6.45, 7) is 0. The summed E-state index contributed by atoms with van der Waals surface area (Å²) in [6.07, 6.45) is 3.31. The summed E-state index contributed by atoms with van der Waals surface area (Å²) in [5, 5.41) is 3.02. The van der Waals surface area contributed by atoms with Crippen molar-refractivity contribution in [2.45, 2.75) is 24.8 Å². The largest absolute Gasteiger partial charge is 0.347 e. The number of nitrogens with one attached hydrogen (secondary N) is 1. The van der Waals surface area contributed by atoms with Crippen LogP contribution in [0.3, 0.4) is 0 Å². The van der Waals surface area contributed by atoms with Crippen LogP contribution in [0.1, 0.15) is 29.6 Å². The quantitative estimate of drug-likeness (QED) is 0.830. The zero-order valence-electron chi connectivity index (χ0n) is 8.59. The van der Waals surface area contributed by atoms with Crippen molar-refractivity contribution in [2.75, 3.05) is 0 Å². The van der Waals surface area contributed by atoms with Gasteiger partial charge in [-0.2, -0.15) is 0 Å². The number of rotatable bonds is 2. The molecule has 4 rings (SSSR count). The molecule has 3 aliphatic rings. The summed E-state index contributed by atoms with van der Waals surface area (Å²) in [7, 11) is 0. The fourth-order valence-corrected chi connectivity index (χ4v) is 3.26. The molecule has 0 atom stereocenters. The molecule has 0 radical (unpaired) electrons. The average Bonchev–Trinajstić information content (AvgIpc) is 2.07. The highest BCUT2D eigenvalue weighted by Crippen LogP contribution is 2.56. The van der Waals surface area contributed by atoms with Crippen LogP contribution in [0.15, 0.2) is 18.2 Å². The second-order valence-corrected chi connectivity index (χ2v) is 6.12. The molecule has 4 heteroatoms. The van der Waals surface area contributed by atoms with Crippen LogP contribution in [-0.4, -0.2) is 11.4 Å². The fraction of sp³-hybridized carbons (Fsp3) is 0.417. The van der Waals surface area contributed by atoms with Crippen LogP contribution in [0.2, 0.25) is 0 Å². The predicted octanol–water partition coefficient (Wildman–Crippen LogP) is 2.71. The minimum absolute atomic E-state index is 0.0551. The molecule has 84 valence electrons. The first-order chi connectivity index (χ1) is 7.56. The SMILES string of the molecule is O=C(NC12CC(C1)C2)c1cc(F)cc(I)c1. The second-order valence-electron chi connectivity index (χ2n) is 4.87. The first-order valence-electron chi connectivity index (χ1n) is 5.35. The summed E-state index contributed by atoms with van der Waals surface area (Å²) in [6, 6.07) is 4.42. The van der Waals surface area contributed by atoms with Gasteiger partial charge in [-0.25, -0.2) is 4.39 Å². The monoisotopic (exact) mass is 331 g/mol. The van der Waals surface area contributed by atoms with Gasteiger partial charge >= 0.3 is 0 Å². The van der Waals surface area contributed by atoms with E-state index in [0.717, 1.165) is 28.8 Å². The highest BCUT2D eigenvalue weighted by molar-refractivity contribution is 14.1. The average molecular weight is 331 g/mol. The van der Waals surface area contributed by atoms with Crippen molar-refractivity contribution in [1.82, 2.24) is 5.32 Å². The van der Waals surface area contributed by atoms with Crippen LogP contribution in [0.25, 0.3) is 0 Å². The second kappa shape index (κ2) is 3.42. The van der Waals surface area contributed by atoms with Gasteiger partial charge in [0.1, 0.15) is 5.82 Å². The van der Waals surface area contributed by atoms with Crippen LogP contribution in [0.4, 0.5) is 4.39 Å². The Morgan fingerprint density at radius 1 is 1.38 bits per heavy atom. The lowest BCUT2D eigenvalue weighted by atomic mass is 9.50. The lowest BCUT2D eigenvalue weighted by molar-refractivity contribution is -0.0438. The van der Waals surface area contributed by atoms with Gasteiger partial charge in [-0.05, 0) is 66.0 Å². The van der Waals surface area contributed by atoms with Gasteiger partial charge in [-0.3, -0.25) is 4.79 Å². The standard InChI is InChI=1S/C12H11FINO/c13-9-1-8(2-10(14)3-9)11(16)15-12-4-7(5-12)6-12/h1-3,7H,4-6H2,(H,15,16). The topological polar surface area (TPSA) is 29.1 Å². The Kier molecular flexibility index (Phi) is 2.24. The highest BCUT2D eigenvalue weighted by atomic mass is 127. The van der Waals surface area contributed by atoms with Crippen molar-refractivity contribution in [3.8, 4) is 0 Å². The lowest BCUT2D eigenvalue weighted by Crippen LogP contribution is -2.68. The number of carbonyl (C=O) groups is 1. The molecule has 2 nitrogen and oxygen atoms in total. The normalized spacial score (nSPS) is 30.2. The Morgan fingerprint density at radius 3 is 2.56 bits per heavy atom. The number of benzene rings is 1. The van der Waals surface area contributed by atoms with Gasteiger partial charge in [0, 0.05) is 14.7 Å². The number of hydrogen-bond acceptors (Lipinski definition) is 1. The molecule has 16 heavy (non-hydrogen) atoms. The van der Waals surface area contributed by atoms with E-state index in [1.165, 1.54) is 12.1 Å². The van der Waals surface area contributed by atoms with Crippen molar-refractivity contribution in [3.05, 3.63) is 33.1 Å². The minimum Gasteiger partial charge on any atom is -0.347 e. The Hall–Kier alpha value is -0.650. The minimum atomic E-state index is -0.352. The summed E-state index contributed by atoms with van der Waals surface area (Å²) in [5.74, 6) is 0.332. The van der Waals surface area contributed by atoms with E-state index in [2.05, 4.69) is 5.32 Å².